The number of aromatic amines is 1. The van der Waals surface area contributed by atoms with E-state index in [1.807, 2.05) is 18.2 Å². The van der Waals surface area contributed by atoms with Crippen molar-refractivity contribution in [2.24, 2.45) is 5.92 Å². The lowest BCUT2D eigenvalue weighted by atomic mass is 10.0. The Labute approximate surface area is 245 Å². The van der Waals surface area contributed by atoms with E-state index >= 15 is 0 Å². The zero-order valence-corrected chi connectivity index (χ0v) is 22.8. The van der Waals surface area contributed by atoms with Crippen LogP contribution < -0.4 is 10.9 Å². The smallest absolute Gasteiger partial charge is 0.340 e. The molecule has 5 heterocycles. The Balaban J connectivity index is 1.15. The van der Waals surface area contributed by atoms with Crippen LogP contribution in [-0.4, -0.2) is 40.4 Å². The fraction of sp³-hybridized carbons (Fsp3) is 0.241. The Morgan fingerprint density at radius 3 is 2.72 bits per heavy atom. The molecule has 0 saturated heterocycles. The lowest BCUT2D eigenvalue weighted by Crippen LogP contribution is -2.27. The van der Waals surface area contributed by atoms with Crippen molar-refractivity contribution in [1.82, 2.24) is 34.5 Å². The molecule has 1 aliphatic carbocycles. The molecule has 1 fully saturated rings. The van der Waals surface area contributed by atoms with Gasteiger partial charge in [0.1, 0.15) is 11.6 Å². The molecule has 2 aromatic carbocycles. The minimum atomic E-state index is -4.66. The summed E-state index contributed by atoms with van der Waals surface area (Å²) in [5.74, 6) is 1.49. The topological polar surface area (TPSA) is 123 Å². The van der Waals surface area contributed by atoms with Gasteiger partial charge in [0, 0.05) is 40.2 Å². The number of fused-ring (bicyclic) bond motifs is 4. The standard InChI is InChI=1S/C29H20ClF3N8O2/c30-15-3-5-22(40-12-23(38-39-40)29(31,32)33)18(8-15)20-10-25(43)41-26(16-9-17(16)28(41)37-20)21-11-34-27(36-21)14-1-4-19-13(7-14)2-6-24(42)35-19/h1,3-5,7-8,10-12,16-17,26H,2,6,9H2,(H,34,36)(H,35,42). The lowest BCUT2D eigenvalue weighted by molar-refractivity contribution is -0.141. The van der Waals surface area contributed by atoms with Gasteiger partial charge in [0.2, 0.25) is 5.91 Å². The highest BCUT2D eigenvalue weighted by molar-refractivity contribution is 6.31. The van der Waals surface area contributed by atoms with Gasteiger partial charge in [0.05, 0.1) is 35.5 Å². The number of rotatable bonds is 4. The molecule has 43 heavy (non-hydrogen) atoms. The molecule has 3 aromatic heterocycles. The molecule has 14 heteroatoms. The number of aryl methyl sites for hydroxylation is 1. The number of nitrogens with one attached hydrogen (secondary N) is 2. The molecule has 0 spiro atoms. The van der Waals surface area contributed by atoms with Crippen LogP contribution >= 0.6 is 11.6 Å². The molecule has 1 amide bonds. The molecule has 5 aromatic rings. The van der Waals surface area contributed by atoms with Crippen LogP contribution in [0.5, 0.6) is 0 Å². The summed E-state index contributed by atoms with van der Waals surface area (Å²) < 4.78 is 42.3. The van der Waals surface area contributed by atoms with Crippen LogP contribution in [0.3, 0.4) is 0 Å². The van der Waals surface area contributed by atoms with Crippen LogP contribution in [0.1, 0.15) is 47.6 Å². The number of amides is 1. The number of aromatic nitrogens is 7. The van der Waals surface area contributed by atoms with Crippen LogP contribution in [-0.2, 0) is 17.4 Å². The van der Waals surface area contributed by atoms with Crippen molar-refractivity contribution < 1.29 is 18.0 Å². The van der Waals surface area contributed by atoms with Gasteiger partial charge in [-0.25, -0.2) is 14.6 Å². The van der Waals surface area contributed by atoms with E-state index in [0.29, 0.717) is 35.1 Å². The number of imidazole rings is 1. The van der Waals surface area contributed by atoms with Gasteiger partial charge in [0.15, 0.2) is 5.69 Å². The molecular formula is C29H20ClF3N8O2. The first-order chi connectivity index (χ1) is 20.6. The summed E-state index contributed by atoms with van der Waals surface area (Å²) in [4.78, 5) is 38.2. The molecule has 0 radical (unpaired) electrons. The maximum atomic E-state index is 13.6. The third-order valence-corrected chi connectivity index (χ3v) is 8.52. The summed E-state index contributed by atoms with van der Waals surface area (Å²) in [6.45, 7) is 0. The zero-order valence-electron chi connectivity index (χ0n) is 22.1. The van der Waals surface area contributed by atoms with Gasteiger partial charge in [-0.2, -0.15) is 13.2 Å². The van der Waals surface area contributed by atoms with Gasteiger partial charge in [-0.15, -0.1) is 5.10 Å². The number of hydrogen-bond acceptors (Lipinski definition) is 6. The van der Waals surface area contributed by atoms with Gasteiger partial charge in [0.25, 0.3) is 5.56 Å². The molecule has 0 bridgehead atoms. The molecule has 2 N–H and O–H groups in total. The maximum Gasteiger partial charge on any atom is 0.436 e. The number of nitrogens with zero attached hydrogens (tertiary/aromatic N) is 6. The second-order valence-electron chi connectivity index (χ2n) is 11.0. The molecular weight excluding hydrogens is 585 g/mol. The van der Waals surface area contributed by atoms with Crippen LogP contribution in [0.25, 0.3) is 28.3 Å². The summed E-state index contributed by atoms with van der Waals surface area (Å²) in [7, 11) is 0. The first-order valence-corrected chi connectivity index (χ1v) is 13.9. The van der Waals surface area contributed by atoms with Crippen LogP contribution in [0.15, 0.2) is 59.7 Å². The quantitative estimate of drug-likeness (QED) is 0.293. The highest BCUT2D eigenvalue weighted by Gasteiger charge is 2.55. The zero-order chi connectivity index (χ0) is 29.6. The Hall–Kier alpha value is -4.78. The van der Waals surface area contributed by atoms with Gasteiger partial charge in [-0.1, -0.05) is 16.8 Å². The molecule has 1 saturated carbocycles. The fourth-order valence-electron chi connectivity index (χ4n) is 6.20. The monoisotopic (exact) mass is 604 g/mol. The number of halogens is 4. The SMILES string of the molecule is O=C1CCc2cc(-c3ncc(C4C5CC5c5nc(-c6cc(Cl)ccc6-n6cc(C(F)(F)F)nn6)cc(=O)n54)[nH]3)ccc2N1. The Kier molecular flexibility index (Phi) is 5.48. The number of carbonyl (C=O) groups is 1. The Morgan fingerprint density at radius 2 is 1.91 bits per heavy atom. The number of hydrogen-bond donors (Lipinski definition) is 2. The maximum absolute atomic E-state index is 13.6. The minimum absolute atomic E-state index is 0.00204. The van der Waals surface area contributed by atoms with Gasteiger partial charge in [-0.3, -0.25) is 14.2 Å². The normalized spacial score (nSPS) is 20.4. The van der Waals surface area contributed by atoms with Gasteiger partial charge in [-0.05, 0) is 60.7 Å². The Morgan fingerprint density at radius 1 is 1.05 bits per heavy atom. The van der Waals surface area contributed by atoms with Crippen LogP contribution in [0.4, 0.5) is 18.9 Å². The second kappa shape index (κ2) is 9.11. The Bertz CT molecular complexity index is 2030. The van der Waals surface area contributed by atoms with E-state index in [1.165, 1.54) is 18.2 Å². The largest absolute Gasteiger partial charge is 0.436 e. The summed E-state index contributed by atoms with van der Waals surface area (Å²) in [6.07, 6.45) is -0.202. The summed E-state index contributed by atoms with van der Waals surface area (Å²) in [5.41, 5.74) is 2.98. The number of benzene rings is 2. The second-order valence-corrected chi connectivity index (χ2v) is 11.4. The van der Waals surface area contributed by atoms with Gasteiger partial charge < -0.3 is 10.3 Å². The van der Waals surface area contributed by atoms with Crippen molar-refractivity contribution >= 4 is 23.2 Å². The van der Waals surface area contributed by atoms with Crippen molar-refractivity contribution in [2.75, 3.05) is 5.32 Å². The fourth-order valence-corrected chi connectivity index (χ4v) is 6.37. The average molecular weight is 605 g/mol. The van der Waals surface area contributed by atoms with Crippen LogP contribution in [0.2, 0.25) is 5.02 Å². The molecule has 10 nitrogen and oxygen atoms in total. The first-order valence-electron chi connectivity index (χ1n) is 13.6. The summed E-state index contributed by atoms with van der Waals surface area (Å²) in [6, 6.07) is 11.4. The highest BCUT2D eigenvalue weighted by Crippen LogP contribution is 2.60. The van der Waals surface area contributed by atoms with E-state index in [0.717, 1.165) is 39.8 Å². The lowest BCUT2D eigenvalue weighted by Gasteiger charge is -2.18. The van der Waals surface area contributed by atoms with E-state index in [1.54, 1.807) is 16.8 Å². The third kappa shape index (κ3) is 4.25. The highest BCUT2D eigenvalue weighted by atomic mass is 35.5. The van der Waals surface area contributed by atoms with E-state index in [9.17, 15) is 22.8 Å². The van der Waals surface area contributed by atoms with Crippen molar-refractivity contribution in [3.8, 4) is 28.3 Å². The number of alkyl halides is 3. The van der Waals surface area contributed by atoms with Gasteiger partial charge >= 0.3 is 6.18 Å². The molecule has 216 valence electrons. The molecule has 3 aliphatic rings. The van der Waals surface area contributed by atoms with Crippen molar-refractivity contribution in [2.45, 2.75) is 37.4 Å². The number of H-pyrrole nitrogens is 1. The predicted molar refractivity (Wildman–Crippen MR) is 149 cm³/mol. The predicted octanol–water partition coefficient (Wildman–Crippen LogP) is 5.14. The van der Waals surface area contributed by atoms with Crippen LogP contribution in [0, 0.1) is 5.92 Å². The van der Waals surface area contributed by atoms with E-state index in [2.05, 4.69) is 25.6 Å². The molecule has 3 unspecified atom stereocenters. The van der Waals surface area contributed by atoms with Crippen molar-refractivity contribution in [1.29, 1.82) is 0 Å². The van der Waals surface area contributed by atoms with E-state index < -0.39 is 11.9 Å². The van der Waals surface area contributed by atoms with E-state index in [4.69, 9.17) is 16.6 Å². The van der Waals surface area contributed by atoms with Crippen molar-refractivity contribution in [3.05, 3.63) is 93.0 Å². The molecule has 2 aliphatic heterocycles. The molecule has 3 atom stereocenters. The van der Waals surface area contributed by atoms with Crippen molar-refractivity contribution in [3.63, 3.8) is 0 Å². The third-order valence-electron chi connectivity index (χ3n) is 8.29. The number of anilines is 1. The summed E-state index contributed by atoms with van der Waals surface area (Å²) in [5, 5.41) is 10.1. The molecule has 8 rings (SSSR count). The first kappa shape index (κ1) is 25.9. The van der Waals surface area contributed by atoms with E-state index in [-0.39, 0.29) is 40.7 Å². The summed E-state index contributed by atoms with van der Waals surface area (Å²) >= 11 is 6.26. The average Bonchev–Trinajstić information content (AvgIpc) is 3.30. The number of carbonyl (C=O) groups excluding carboxylic acids is 1. The minimum Gasteiger partial charge on any atom is -0.340 e.